The second-order valence-electron chi connectivity index (χ2n) is 8.68. The lowest BCUT2D eigenvalue weighted by Crippen LogP contribution is -2.28. The number of nitrogens with zero attached hydrogens (tertiary/aromatic N) is 4. The molecule has 1 N–H and O–H groups in total. The quantitative estimate of drug-likeness (QED) is 0.320. The molecule has 0 aromatic heterocycles. The van der Waals surface area contributed by atoms with Crippen LogP contribution in [0.3, 0.4) is 0 Å². The number of hydrogen-bond acceptors (Lipinski definition) is 5. The molecule has 180 valence electrons. The van der Waals surface area contributed by atoms with Gasteiger partial charge in [-0.15, -0.1) is 5.10 Å². The molecule has 0 saturated heterocycles. The number of carbonyl (C=O) groups is 1. The lowest BCUT2D eigenvalue weighted by atomic mass is 10.1. The fourth-order valence-electron chi connectivity index (χ4n) is 4.46. The molecule has 35 heavy (non-hydrogen) atoms. The van der Waals surface area contributed by atoms with Crippen molar-refractivity contribution in [1.29, 1.82) is 0 Å². The van der Waals surface area contributed by atoms with Crippen molar-refractivity contribution in [3.63, 3.8) is 0 Å². The van der Waals surface area contributed by atoms with E-state index >= 15 is 0 Å². The maximum atomic E-state index is 13.3. The minimum absolute atomic E-state index is 0.143. The first-order chi connectivity index (χ1) is 17.0. The van der Waals surface area contributed by atoms with Gasteiger partial charge in [0.1, 0.15) is 11.4 Å². The van der Waals surface area contributed by atoms with Crippen LogP contribution in [-0.4, -0.2) is 31.0 Å². The number of nitrogens with one attached hydrogen (secondary N) is 1. The third-order valence-corrected chi connectivity index (χ3v) is 7.22. The molecule has 2 aromatic rings. The Morgan fingerprint density at radius 1 is 1.11 bits per heavy atom. The van der Waals surface area contributed by atoms with Crippen molar-refractivity contribution in [3.05, 3.63) is 82.0 Å². The molecule has 7 nitrogen and oxygen atoms in total. The number of benzene rings is 2. The topological polar surface area (TPSA) is 81.8 Å². The Labute approximate surface area is 206 Å². The standard InChI is InChI=1S/C26H26FN5O2S/c1-17(18-11-13-19(27)14-12-18)28-22(33)16-35-26-29-24-23(21-10-6-3-7-15-31(21)26)25(34)32(30-24)20-8-4-2-5-9-20/h2,4-5,8-9,11-14,17H,3,6-7,10,15-16H2,1H3,(H,28,33). The zero-order chi connectivity index (χ0) is 24.4. The molecule has 5 rings (SSSR count). The number of rotatable bonds is 6. The zero-order valence-electron chi connectivity index (χ0n) is 19.4. The van der Waals surface area contributed by atoms with Crippen molar-refractivity contribution >= 4 is 17.7 Å². The first kappa shape index (κ1) is 23.3. The summed E-state index contributed by atoms with van der Waals surface area (Å²) in [6.45, 7) is 2.62. The van der Waals surface area contributed by atoms with Crippen molar-refractivity contribution in [1.82, 2.24) is 24.6 Å². The van der Waals surface area contributed by atoms with Crippen molar-refractivity contribution in [2.45, 2.75) is 50.4 Å². The van der Waals surface area contributed by atoms with Crippen LogP contribution < -0.4 is 10.9 Å². The van der Waals surface area contributed by atoms with Crippen LogP contribution >= 0.6 is 11.8 Å². The second-order valence-corrected chi connectivity index (χ2v) is 9.63. The van der Waals surface area contributed by atoms with Crippen molar-refractivity contribution in [2.75, 3.05) is 5.75 Å². The van der Waals surface area contributed by atoms with Gasteiger partial charge < -0.3 is 9.88 Å². The van der Waals surface area contributed by atoms with Gasteiger partial charge in [0.25, 0.3) is 5.56 Å². The molecule has 3 aliphatic heterocycles. The number of amides is 1. The summed E-state index contributed by atoms with van der Waals surface area (Å²) in [6.07, 6.45) is 3.84. The van der Waals surface area contributed by atoms with Crippen molar-refractivity contribution in [3.8, 4) is 17.1 Å². The Bertz CT molecular complexity index is 1370. The summed E-state index contributed by atoms with van der Waals surface area (Å²) < 4.78 is 16.7. The van der Waals surface area contributed by atoms with E-state index in [1.165, 1.54) is 28.6 Å². The van der Waals surface area contributed by atoms with E-state index in [0.29, 0.717) is 22.2 Å². The largest absolute Gasteiger partial charge is 0.349 e. The van der Waals surface area contributed by atoms with Crippen molar-refractivity contribution in [2.24, 2.45) is 0 Å². The third-order valence-electron chi connectivity index (χ3n) is 6.25. The van der Waals surface area contributed by atoms with Gasteiger partial charge >= 0.3 is 0 Å². The molecule has 1 amide bonds. The lowest BCUT2D eigenvalue weighted by Gasteiger charge is -2.18. The predicted molar refractivity (Wildman–Crippen MR) is 133 cm³/mol. The number of thioether (sulfide) groups is 1. The SMILES string of the molecule is CC(NC(=O)CSc1nc2nn(-c3ccccc3)c(=O)c-2c2n1CCCCC2)c1ccc(F)cc1. The number of halogens is 1. The van der Waals surface area contributed by atoms with Gasteiger partial charge in [0.05, 0.1) is 17.5 Å². The Balaban J connectivity index is 1.42. The van der Waals surface area contributed by atoms with Gasteiger partial charge in [0.2, 0.25) is 5.91 Å². The molecular weight excluding hydrogens is 465 g/mol. The highest BCUT2D eigenvalue weighted by Gasteiger charge is 2.27. The molecule has 9 heteroatoms. The average molecular weight is 492 g/mol. The molecule has 1 atom stereocenters. The first-order valence-electron chi connectivity index (χ1n) is 11.8. The first-order valence-corrected chi connectivity index (χ1v) is 12.8. The monoisotopic (exact) mass is 491 g/mol. The Hall–Kier alpha value is -3.46. The fraction of sp³-hybridized carbons (Fsp3) is 0.308. The number of carbonyl (C=O) groups excluding carboxylic acids is 1. The van der Waals surface area contributed by atoms with Gasteiger partial charge in [-0.2, -0.15) is 4.68 Å². The van der Waals surface area contributed by atoms with E-state index in [2.05, 4.69) is 15.0 Å². The highest BCUT2D eigenvalue weighted by atomic mass is 32.2. The molecule has 0 aliphatic carbocycles. The van der Waals surface area contributed by atoms with Crippen LogP contribution in [0.4, 0.5) is 4.39 Å². The summed E-state index contributed by atoms with van der Waals surface area (Å²) >= 11 is 1.35. The third kappa shape index (κ3) is 4.86. The van der Waals surface area contributed by atoms with Crippen LogP contribution in [0.5, 0.6) is 0 Å². The summed E-state index contributed by atoms with van der Waals surface area (Å²) in [5.74, 6) is 0.135. The van der Waals surface area contributed by atoms with Crippen LogP contribution in [0, 0.1) is 5.82 Å². The lowest BCUT2D eigenvalue weighted by molar-refractivity contribution is -0.119. The summed E-state index contributed by atoms with van der Waals surface area (Å²) in [4.78, 5) is 30.7. The van der Waals surface area contributed by atoms with E-state index in [0.717, 1.165) is 43.5 Å². The van der Waals surface area contributed by atoms with E-state index in [9.17, 15) is 14.0 Å². The van der Waals surface area contributed by atoms with Gasteiger partial charge in [0.15, 0.2) is 11.0 Å². The Morgan fingerprint density at radius 2 is 1.89 bits per heavy atom. The second kappa shape index (κ2) is 10.0. The number of para-hydroxylation sites is 1. The van der Waals surface area contributed by atoms with Crippen LogP contribution in [-0.2, 0) is 17.8 Å². The van der Waals surface area contributed by atoms with Crippen LogP contribution in [0.15, 0.2) is 64.5 Å². The molecule has 0 fully saturated rings. The predicted octanol–water partition coefficient (Wildman–Crippen LogP) is 4.37. The van der Waals surface area contributed by atoms with E-state index in [4.69, 9.17) is 4.98 Å². The van der Waals surface area contributed by atoms with Crippen LogP contribution in [0.25, 0.3) is 17.1 Å². The zero-order valence-corrected chi connectivity index (χ0v) is 20.2. The van der Waals surface area contributed by atoms with Gasteiger partial charge in [-0.25, -0.2) is 9.37 Å². The smallest absolute Gasteiger partial charge is 0.284 e. The maximum absolute atomic E-state index is 13.3. The summed E-state index contributed by atoms with van der Waals surface area (Å²) in [5, 5.41) is 8.19. The molecule has 0 saturated carbocycles. The van der Waals surface area contributed by atoms with Gasteiger partial charge in [0, 0.05) is 12.2 Å². The fourth-order valence-corrected chi connectivity index (χ4v) is 5.31. The summed E-state index contributed by atoms with van der Waals surface area (Å²) in [7, 11) is 0. The number of fused-ring (bicyclic) bond motifs is 3. The molecule has 3 heterocycles. The highest BCUT2D eigenvalue weighted by molar-refractivity contribution is 7.99. The molecule has 3 aliphatic rings. The normalized spacial score (nSPS) is 14.3. The van der Waals surface area contributed by atoms with E-state index in [1.807, 2.05) is 37.3 Å². The Kier molecular flexibility index (Phi) is 6.68. The van der Waals surface area contributed by atoms with E-state index in [-0.39, 0.29) is 29.1 Å². The highest BCUT2D eigenvalue weighted by Crippen LogP contribution is 2.30. The summed E-state index contributed by atoms with van der Waals surface area (Å²) in [5.41, 5.74) is 2.89. The average Bonchev–Trinajstić information content (AvgIpc) is 3.03. The van der Waals surface area contributed by atoms with Gasteiger partial charge in [-0.1, -0.05) is 48.5 Å². The molecule has 0 spiro atoms. The number of aromatic nitrogens is 4. The van der Waals surface area contributed by atoms with Crippen molar-refractivity contribution < 1.29 is 9.18 Å². The van der Waals surface area contributed by atoms with Crippen LogP contribution in [0.2, 0.25) is 0 Å². The molecule has 1 unspecified atom stereocenters. The molecular formula is C26H26FN5O2S. The summed E-state index contributed by atoms with van der Waals surface area (Å²) in [6, 6.07) is 15.2. The molecule has 0 radical (unpaired) electrons. The van der Waals surface area contributed by atoms with Gasteiger partial charge in [-0.3, -0.25) is 9.59 Å². The maximum Gasteiger partial charge on any atom is 0.284 e. The minimum atomic E-state index is -0.307. The van der Waals surface area contributed by atoms with Crippen LogP contribution in [0.1, 0.15) is 43.5 Å². The number of hydrogen-bond donors (Lipinski definition) is 1. The van der Waals surface area contributed by atoms with Gasteiger partial charge in [-0.05, 0) is 56.0 Å². The van der Waals surface area contributed by atoms with E-state index in [1.54, 1.807) is 12.1 Å². The molecule has 0 bridgehead atoms. The molecule has 2 aromatic carbocycles. The van der Waals surface area contributed by atoms with E-state index < -0.39 is 0 Å². The Morgan fingerprint density at radius 3 is 2.66 bits per heavy atom. The minimum Gasteiger partial charge on any atom is -0.349 e.